The Bertz CT molecular complexity index is 277. The van der Waals surface area contributed by atoms with Crippen molar-refractivity contribution in [3.63, 3.8) is 0 Å². The second kappa shape index (κ2) is 5.77. The van der Waals surface area contributed by atoms with E-state index < -0.39 is 5.97 Å². The molecule has 0 bridgehead atoms. The van der Waals surface area contributed by atoms with Crippen LogP contribution in [0.15, 0.2) is 0 Å². The van der Waals surface area contributed by atoms with Crippen molar-refractivity contribution in [3.8, 4) is 11.8 Å². The summed E-state index contributed by atoms with van der Waals surface area (Å²) >= 11 is 0. The maximum Gasteiger partial charge on any atom is 0.306 e. The largest absolute Gasteiger partial charge is 0.481 e. The van der Waals surface area contributed by atoms with Crippen LogP contribution in [-0.2, 0) is 4.79 Å². The summed E-state index contributed by atoms with van der Waals surface area (Å²) in [6.45, 7) is 5.81. The van der Waals surface area contributed by atoms with E-state index in [9.17, 15) is 4.79 Å². The molecular weight excluding hydrogens is 190 g/mol. The number of piperidine rings is 1. The van der Waals surface area contributed by atoms with Gasteiger partial charge < -0.3 is 5.11 Å². The fraction of sp³-hybridized carbons (Fsp3) is 0.750. The van der Waals surface area contributed by atoms with E-state index in [1.165, 1.54) is 0 Å². The van der Waals surface area contributed by atoms with Crippen LogP contribution in [-0.4, -0.2) is 35.1 Å². The Morgan fingerprint density at radius 2 is 2.33 bits per heavy atom. The first-order valence-electron chi connectivity index (χ1n) is 5.51. The van der Waals surface area contributed by atoms with Gasteiger partial charge in [-0.1, -0.05) is 0 Å². The minimum atomic E-state index is -0.644. The summed E-state index contributed by atoms with van der Waals surface area (Å²) in [5.74, 6) is 5.13. The summed E-state index contributed by atoms with van der Waals surface area (Å²) < 4.78 is 0. The van der Waals surface area contributed by atoms with Crippen LogP contribution in [0.1, 0.15) is 33.1 Å². The van der Waals surface area contributed by atoms with Crippen LogP contribution in [0, 0.1) is 17.8 Å². The van der Waals surface area contributed by atoms with Crippen molar-refractivity contribution >= 4 is 5.97 Å². The minimum Gasteiger partial charge on any atom is -0.481 e. The van der Waals surface area contributed by atoms with Crippen LogP contribution in [0.5, 0.6) is 0 Å². The van der Waals surface area contributed by atoms with Gasteiger partial charge >= 0.3 is 5.97 Å². The lowest BCUT2D eigenvalue weighted by Crippen LogP contribution is -2.43. The van der Waals surface area contributed by atoms with E-state index in [-0.39, 0.29) is 5.92 Å². The molecule has 0 spiro atoms. The highest BCUT2D eigenvalue weighted by atomic mass is 16.4. The summed E-state index contributed by atoms with van der Waals surface area (Å²) in [6.07, 6.45) is 2.44. The first kappa shape index (κ1) is 12.1. The van der Waals surface area contributed by atoms with E-state index in [2.05, 4.69) is 23.7 Å². The lowest BCUT2D eigenvalue weighted by Gasteiger charge is -2.35. The van der Waals surface area contributed by atoms with Crippen LogP contribution >= 0.6 is 0 Å². The molecule has 0 amide bonds. The fourth-order valence-corrected chi connectivity index (χ4v) is 2.10. The van der Waals surface area contributed by atoms with Crippen molar-refractivity contribution in [2.24, 2.45) is 5.92 Å². The smallest absolute Gasteiger partial charge is 0.306 e. The molecule has 0 saturated carbocycles. The maximum absolute atomic E-state index is 10.8. The molecule has 1 saturated heterocycles. The summed E-state index contributed by atoms with van der Waals surface area (Å²) in [6, 6.07) is 0.374. The number of aliphatic carboxylic acids is 1. The molecule has 2 atom stereocenters. The molecule has 3 nitrogen and oxygen atoms in total. The Morgan fingerprint density at radius 3 is 2.87 bits per heavy atom. The molecule has 1 N–H and O–H groups in total. The standard InChI is InChI=1S/C12H19NO2/c1-3-4-5-7-13-8-6-11(12(14)15)9-10(13)2/h10-11H,5-9H2,1-2H3,(H,14,15). The monoisotopic (exact) mass is 209 g/mol. The average molecular weight is 209 g/mol. The van der Waals surface area contributed by atoms with Crippen molar-refractivity contribution in [2.75, 3.05) is 13.1 Å². The Kier molecular flexibility index (Phi) is 4.64. The Labute approximate surface area is 91.5 Å². The van der Waals surface area contributed by atoms with Gasteiger partial charge in [-0.25, -0.2) is 0 Å². The molecule has 0 aliphatic carbocycles. The molecule has 0 radical (unpaired) electrons. The molecule has 0 aromatic rings. The van der Waals surface area contributed by atoms with Crippen molar-refractivity contribution < 1.29 is 9.90 Å². The molecule has 1 fully saturated rings. The molecule has 84 valence electrons. The van der Waals surface area contributed by atoms with Crippen LogP contribution in [0.2, 0.25) is 0 Å². The summed E-state index contributed by atoms with van der Waals surface area (Å²) in [5, 5.41) is 8.92. The van der Waals surface area contributed by atoms with Gasteiger partial charge in [-0.2, -0.15) is 0 Å². The number of likely N-dealkylation sites (tertiary alicyclic amines) is 1. The zero-order valence-corrected chi connectivity index (χ0v) is 9.49. The Hall–Kier alpha value is -1.01. The second-order valence-electron chi connectivity index (χ2n) is 4.12. The molecule has 0 aromatic carbocycles. The van der Waals surface area contributed by atoms with Gasteiger partial charge in [-0.3, -0.25) is 9.69 Å². The number of carboxylic acid groups (broad SMARTS) is 1. The van der Waals surface area contributed by atoms with Crippen LogP contribution < -0.4 is 0 Å². The highest BCUT2D eigenvalue weighted by Gasteiger charge is 2.28. The van der Waals surface area contributed by atoms with Gasteiger partial charge in [-0.15, -0.1) is 11.8 Å². The molecule has 1 heterocycles. The summed E-state index contributed by atoms with van der Waals surface area (Å²) in [7, 11) is 0. The molecule has 15 heavy (non-hydrogen) atoms. The lowest BCUT2D eigenvalue weighted by molar-refractivity contribution is -0.144. The van der Waals surface area contributed by atoms with E-state index in [4.69, 9.17) is 5.11 Å². The van der Waals surface area contributed by atoms with Crippen LogP contribution in [0.25, 0.3) is 0 Å². The van der Waals surface area contributed by atoms with Gasteiger partial charge in [0.05, 0.1) is 5.92 Å². The van der Waals surface area contributed by atoms with Crippen molar-refractivity contribution in [1.82, 2.24) is 4.90 Å². The minimum absolute atomic E-state index is 0.145. The normalized spacial score (nSPS) is 26.8. The number of carboxylic acids is 1. The molecular formula is C12H19NO2. The SMILES string of the molecule is CC#CCCN1CCC(C(=O)O)CC1C. The highest BCUT2D eigenvalue weighted by Crippen LogP contribution is 2.22. The zero-order valence-electron chi connectivity index (χ0n) is 9.49. The van der Waals surface area contributed by atoms with Crippen LogP contribution in [0.4, 0.5) is 0 Å². The van der Waals surface area contributed by atoms with Crippen molar-refractivity contribution in [2.45, 2.75) is 39.2 Å². The van der Waals surface area contributed by atoms with E-state index in [1.807, 2.05) is 6.92 Å². The maximum atomic E-state index is 10.8. The quantitative estimate of drug-likeness (QED) is 0.717. The third kappa shape index (κ3) is 3.56. The first-order chi connectivity index (χ1) is 7.15. The lowest BCUT2D eigenvalue weighted by atomic mass is 9.92. The van der Waals surface area contributed by atoms with Gasteiger partial charge in [0.2, 0.25) is 0 Å². The average Bonchev–Trinajstić information content (AvgIpc) is 2.20. The Morgan fingerprint density at radius 1 is 1.60 bits per heavy atom. The zero-order chi connectivity index (χ0) is 11.3. The third-order valence-electron chi connectivity index (χ3n) is 3.06. The molecule has 1 aliphatic rings. The van der Waals surface area contributed by atoms with Crippen molar-refractivity contribution in [3.05, 3.63) is 0 Å². The molecule has 3 heteroatoms. The predicted molar refractivity (Wildman–Crippen MR) is 59.5 cm³/mol. The second-order valence-corrected chi connectivity index (χ2v) is 4.12. The van der Waals surface area contributed by atoms with Gasteiger partial charge in [0.1, 0.15) is 0 Å². The fourth-order valence-electron chi connectivity index (χ4n) is 2.10. The van der Waals surface area contributed by atoms with Gasteiger partial charge in [0.15, 0.2) is 0 Å². The number of rotatable bonds is 3. The third-order valence-corrected chi connectivity index (χ3v) is 3.06. The number of carbonyl (C=O) groups is 1. The summed E-state index contributed by atoms with van der Waals surface area (Å²) in [4.78, 5) is 13.2. The van der Waals surface area contributed by atoms with Gasteiger partial charge in [-0.05, 0) is 33.2 Å². The molecule has 0 aromatic heterocycles. The summed E-state index contributed by atoms with van der Waals surface area (Å²) in [5.41, 5.74) is 0. The van der Waals surface area contributed by atoms with Crippen molar-refractivity contribution in [1.29, 1.82) is 0 Å². The van der Waals surface area contributed by atoms with E-state index in [0.717, 1.165) is 32.4 Å². The van der Waals surface area contributed by atoms with E-state index >= 15 is 0 Å². The van der Waals surface area contributed by atoms with E-state index in [0.29, 0.717) is 6.04 Å². The predicted octanol–water partition coefficient (Wildman–Crippen LogP) is 1.58. The highest BCUT2D eigenvalue weighted by molar-refractivity contribution is 5.70. The Balaban J connectivity index is 2.37. The number of hydrogen-bond donors (Lipinski definition) is 1. The van der Waals surface area contributed by atoms with Crippen LogP contribution in [0.3, 0.4) is 0 Å². The molecule has 1 rings (SSSR count). The van der Waals surface area contributed by atoms with Gasteiger partial charge in [0.25, 0.3) is 0 Å². The first-order valence-corrected chi connectivity index (χ1v) is 5.51. The number of hydrogen-bond acceptors (Lipinski definition) is 2. The topological polar surface area (TPSA) is 40.5 Å². The number of nitrogens with zero attached hydrogens (tertiary/aromatic N) is 1. The van der Waals surface area contributed by atoms with E-state index in [1.54, 1.807) is 0 Å². The van der Waals surface area contributed by atoms with Gasteiger partial charge in [0, 0.05) is 19.0 Å². The molecule has 1 aliphatic heterocycles. The molecule has 2 unspecified atom stereocenters.